The van der Waals surface area contributed by atoms with Crippen LogP contribution in [0.4, 0.5) is 0 Å². The van der Waals surface area contributed by atoms with Crippen LogP contribution in [0, 0.1) is 0 Å². The van der Waals surface area contributed by atoms with E-state index >= 15 is 0 Å². The first-order valence-electron chi connectivity index (χ1n) is 4.19. The Morgan fingerprint density at radius 3 is 2.36 bits per heavy atom. The molecule has 0 aliphatic carbocycles. The summed E-state index contributed by atoms with van der Waals surface area (Å²) in [6.45, 7) is 4.90. The first kappa shape index (κ1) is 13.1. The molecular formula is C8H16N2O3S. The van der Waals surface area contributed by atoms with Gasteiger partial charge in [0.05, 0.1) is 0 Å². The number of rotatable bonds is 5. The van der Waals surface area contributed by atoms with E-state index in [2.05, 4.69) is 4.72 Å². The van der Waals surface area contributed by atoms with Gasteiger partial charge in [-0.1, -0.05) is 0 Å². The van der Waals surface area contributed by atoms with Gasteiger partial charge in [-0.05, 0) is 20.8 Å². The second kappa shape index (κ2) is 5.11. The highest BCUT2D eigenvalue weighted by atomic mass is 32.2. The van der Waals surface area contributed by atoms with E-state index in [9.17, 15) is 13.2 Å². The summed E-state index contributed by atoms with van der Waals surface area (Å²) in [4.78, 5) is 11.1. The van der Waals surface area contributed by atoms with E-state index < -0.39 is 21.6 Å². The van der Waals surface area contributed by atoms with Crippen LogP contribution in [-0.2, 0) is 14.8 Å². The number of carbonyl (C=O) groups is 1. The van der Waals surface area contributed by atoms with Gasteiger partial charge in [-0.2, -0.15) is 0 Å². The van der Waals surface area contributed by atoms with Crippen LogP contribution in [0.15, 0.2) is 11.8 Å². The minimum atomic E-state index is -3.53. The van der Waals surface area contributed by atoms with Crippen LogP contribution in [0.3, 0.4) is 0 Å². The molecule has 3 N–H and O–H groups in total. The average molecular weight is 220 g/mol. The highest BCUT2D eigenvalue weighted by molar-refractivity contribution is 7.90. The van der Waals surface area contributed by atoms with Crippen LogP contribution in [0.5, 0.6) is 0 Å². The molecule has 0 bridgehead atoms. The maximum Gasteiger partial charge on any atom is 0.219 e. The molecule has 0 rings (SSSR count). The largest absolute Gasteiger partial charge is 0.402 e. The molecule has 0 atom stereocenters. The van der Waals surface area contributed by atoms with Crippen LogP contribution in [0.25, 0.3) is 0 Å². The monoisotopic (exact) mass is 220 g/mol. The van der Waals surface area contributed by atoms with Crippen LogP contribution in [-0.4, -0.2) is 26.0 Å². The van der Waals surface area contributed by atoms with Gasteiger partial charge >= 0.3 is 0 Å². The summed E-state index contributed by atoms with van der Waals surface area (Å²) in [5.41, 5.74) is 5.54. The Labute approximate surface area is 84.4 Å². The molecule has 0 fully saturated rings. The van der Waals surface area contributed by atoms with Gasteiger partial charge in [-0.3, -0.25) is 4.79 Å². The molecular weight excluding hydrogens is 204 g/mol. The zero-order chi connectivity index (χ0) is 11.4. The van der Waals surface area contributed by atoms with Gasteiger partial charge < -0.3 is 5.73 Å². The van der Waals surface area contributed by atoms with Crippen LogP contribution in [0.1, 0.15) is 20.8 Å². The first-order chi connectivity index (χ1) is 6.23. The van der Waals surface area contributed by atoms with Gasteiger partial charge in [0.15, 0.2) is 5.78 Å². The Balaban J connectivity index is 4.39. The smallest absolute Gasteiger partial charge is 0.219 e. The molecule has 0 aromatic heterocycles. The third-order valence-electron chi connectivity index (χ3n) is 1.14. The second-order valence-electron chi connectivity index (χ2n) is 3.39. The SMILES string of the molecule is CC(N)=CC(=O)CS(=O)(=O)NC(C)C. The van der Waals surface area contributed by atoms with E-state index in [1.54, 1.807) is 13.8 Å². The van der Waals surface area contributed by atoms with Gasteiger partial charge in [-0.25, -0.2) is 13.1 Å². The van der Waals surface area contributed by atoms with E-state index in [0.717, 1.165) is 6.08 Å². The number of nitrogens with one attached hydrogen (secondary N) is 1. The molecule has 0 amide bonds. The van der Waals surface area contributed by atoms with Crippen LogP contribution in [0.2, 0.25) is 0 Å². The highest BCUT2D eigenvalue weighted by Crippen LogP contribution is 1.92. The standard InChI is InChI=1S/C8H16N2O3S/c1-6(2)10-14(12,13)5-8(11)4-7(3)9/h4,6,10H,5,9H2,1-3H3. The average Bonchev–Trinajstić information content (AvgIpc) is 1.77. The predicted molar refractivity (Wildman–Crippen MR) is 55.0 cm³/mol. The zero-order valence-electron chi connectivity index (χ0n) is 8.57. The molecule has 6 heteroatoms. The van der Waals surface area contributed by atoms with Gasteiger partial charge in [0.1, 0.15) is 5.75 Å². The van der Waals surface area contributed by atoms with Crippen molar-refractivity contribution in [2.45, 2.75) is 26.8 Å². The molecule has 0 radical (unpaired) electrons. The van der Waals surface area contributed by atoms with Gasteiger partial charge in [0, 0.05) is 17.8 Å². The first-order valence-corrected chi connectivity index (χ1v) is 5.85. The number of carbonyl (C=O) groups excluding carboxylic acids is 1. The molecule has 14 heavy (non-hydrogen) atoms. The van der Waals surface area contributed by atoms with Gasteiger partial charge in [-0.15, -0.1) is 0 Å². The fourth-order valence-corrected chi connectivity index (χ4v) is 2.14. The van der Waals surface area contributed by atoms with Gasteiger partial charge in [0.25, 0.3) is 0 Å². The predicted octanol–water partition coefficient (Wildman–Crippen LogP) is -0.254. The lowest BCUT2D eigenvalue weighted by molar-refractivity contribution is -0.112. The number of hydrogen-bond acceptors (Lipinski definition) is 4. The third-order valence-corrected chi connectivity index (χ3v) is 2.63. The summed E-state index contributed by atoms with van der Waals surface area (Å²) in [5.74, 6) is -1.07. The summed E-state index contributed by atoms with van der Waals surface area (Å²) in [6.07, 6.45) is 1.11. The Bertz CT molecular complexity index is 326. The number of nitrogens with two attached hydrogens (primary N) is 1. The van der Waals surface area contributed by atoms with E-state index in [-0.39, 0.29) is 6.04 Å². The fourth-order valence-electron chi connectivity index (χ4n) is 0.884. The van der Waals surface area contributed by atoms with Crippen molar-refractivity contribution >= 4 is 15.8 Å². The van der Waals surface area contributed by atoms with E-state index in [1.165, 1.54) is 6.92 Å². The molecule has 0 saturated heterocycles. The van der Waals surface area contributed by atoms with Crippen LogP contribution >= 0.6 is 0 Å². The Morgan fingerprint density at radius 1 is 1.50 bits per heavy atom. The molecule has 0 aromatic carbocycles. The van der Waals surface area contributed by atoms with Crippen LogP contribution < -0.4 is 10.5 Å². The van der Waals surface area contributed by atoms with Crippen molar-refractivity contribution in [2.75, 3.05) is 5.75 Å². The number of sulfonamides is 1. The fraction of sp³-hybridized carbons (Fsp3) is 0.625. The lowest BCUT2D eigenvalue weighted by Crippen LogP contribution is -2.34. The minimum Gasteiger partial charge on any atom is -0.402 e. The minimum absolute atomic E-state index is 0.212. The number of allylic oxidation sites excluding steroid dienone is 2. The second-order valence-corrected chi connectivity index (χ2v) is 5.14. The van der Waals surface area contributed by atoms with Crippen molar-refractivity contribution in [1.82, 2.24) is 4.72 Å². The molecule has 0 heterocycles. The van der Waals surface area contributed by atoms with Crippen molar-refractivity contribution in [3.63, 3.8) is 0 Å². The van der Waals surface area contributed by atoms with Crippen molar-refractivity contribution in [3.8, 4) is 0 Å². The molecule has 0 spiro atoms. The van der Waals surface area contributed by atoms with Crippen molar-refractivity contribution in [2.24, 2.45) is 5.73 Å². The molecule has 0 aliphatic rings. The summed E-state index contributed by atoms with van der Waals surface area (Å²) in [6, 6.07) is -0.212. The Kier molecular flexibility index (Phi) is 4.79. The maximum atomic E-state index is 11.2. The topological polar surface area (TPSA) is 89.3 Å². The van der Waals surface area contributed by atoms with Gasteiger partial charge in [0.2, 0.25) is 10.0 Å². The summed E-state index contributed by atoms with van der Waals surface area (Å²) >= 11 is 0. The zero-order valence-corrected chi connectivity index (χ0v) is 9.39. The normalized spacial score (nSPS) is 13.3. The van der Waals surface area contributed by atoms with E-state index in [0.29, 0.717) is 5.70 Å². The lowest BCUT2D eigenvalue weighted by atomic mass is 10.3. The molecule has 0 aliphatic heterocycles. The molecule has 0 saturated carbocycles. The molecule has 5 nitrogen and oxygen atoms in total. The maximum absolute atomic E-state index is 11.2. The van der Waals surface area contributed by atoms with Crippen molar-refractivity contribution in [1.29, 1.82) is 0 Å². The quantitative estimate of drug-likeness (QED) is 0.625. The molecule has 0 unspecified atom stereocenters. The highest BCUT2D eigenvalue weighted by Gasteiger charge is 2.15. The van der Waals surface area contributed by atoms with E-state index in [1.807, 2.05) is 0 Å². The third kappa shape index (κ3) is 6.62. The van der Waals surface area contributed by atoms with Crippen molar-refractivity contribution < 1.29 is 13.2 Å². The Hall–Kier alpha value is -0.880. The van der Waals surface area contributed by atoms with Crippen molar-refractivity contribution in [3.05, 3.63) is 11.8 Å². The molecule has 82 valence electrons. The summed E-state index contributed by atoms with van der Waals surface area (Å²) < 4.78 is 24.8. The summed E-state index contributed by atoms with van der Waals surface area (Å²) in [5, 5.41) is 0. The Morgan fingerprint density at radius 2 is 2.00 bits per heavy atom. The summed E-state index contributed by atoms with van der Waals surface area (Å²) in [7, 11) is -3.53. The lowest BCUT2D eigenvalue weighted by Gasteiger charge is -2.07. The molecule has 0 aromatic rings. The van der Waals surface area contributed by atoms with E-state index in [4.69, 9.17) is 5.73 Å². The number of hydrogen-bond donors (Lipinski definition) is 2. The number of ketones is 1.